The Morgan fingerprint density at radius 2 is 0.574 bits per heavy atom. The van der Waals surface area contributed by atoms with Crippen LogP contribution in [0.2, 0.25) is 0 Å². The Labute approximate surface area is 420 Å². The normalized spacial score (nSPS) is 12.7. The highest BCUT2D eigenvalue weighted by Gasteiger charge is 2.19. The van der Waals surface area contributed by atoms with Crippen LogP contribution in [-0.4, -0.2) is 37.2 Å². The number of unbranched alkanes of at least 4 members (excludes halogenated alkanes) is 26. The molecule has 0 saturated heterocycles. The highest BCUT2D eigenvalue weighted by molar-refractivity contribution is 5.71. The minimum absolute atomic E-state index is 0.0930. The van der Waals surface area contributed by atoms with Crippen molar-refractivity contribution in [1.82, 2.24) is 0 Å². The van der Waals surface area contributed by atoms with Gasteiger partial charge in [0.25, 0.3) is 0 Å². The van der Waals surface area contributed by atoms with Gasteiger partial charge in [0.2, 0.25) is 0 Å². The van der Waals surface area contributed by atoms with Crippen LogP contribution in [0.5, 0.6) is 0 Å². The summed E-state index contributed by atoms with van der Waals surface area (Å²) in [6.45, 7) is 6.48. The van der Waals surface area contributed by atoms with E-state index in [-0.39, 0.29) is 31.1 Å². The molecule has 1 atom stereocenters. The maximum atomic E-state index is 12.8. The zero-order valence-corrected chi connectivity index (χ0v) is 44.6. The summed E-state index contributed by atoms with van der Waals surface area (Å²) in [5.74, 6) is -0.939. The Bertz CT molecular complexity index is 1320. The molecule has 0 rings (SSSR count). The molecule has 0 N–H and O–H groups in total. The van der Waals surface area contributed by atoms with Gasteiger partial charge in [-0.2, -0.15) is 0 Å². The number of carbonyl (C=O) groups is 3. The maximum absolute atomic E-state index is 12.8. The Balaban J connectivity index is 4.44. The van der Waals surface area contributed by atoms with Gasteiger partial charge in [0.05, 0.1) is 0 Å². The van der Waals surface area contributed by atoms with Crippen LogP contribution < -0.4 is 0 Å². The lowest BCUT2D eigenvalue weighted by atomic mass is 10.0. The number of allylic oxidation sites excluding steroid dienone is 14. The Morgan fingerprint density at radius 1 is 0.309 bits per heavy atom. The van der Waals surface area contributed by atoms with E-state index in [1.54, 1.807) is 0 Å². The molecule has 0 saturated carbocycles. The van der Waals surface area contributed by atoms with Gasteiger partial charge in [0.15, 0.2) is 6.10 Å². The fourth-order valence-electron chi connectivity index (χ4n) is 7.85. The number of ether oxygens (including phenoxy) is 3. The van der Waals surface area contributed by atoms with Gasteiger partial charge in [-0.3, -0.25) is 14.4 Å². The first-order valence-corrected chi connectivity index (χ1v) is 28.6. The fourth-order valence-corrected chi connectivity index (χ4v) is 7.85. The third kappa shape index (κ3) is 53.5. The van der Waals surface area contributed by atoms with Gasteiger partial charge >= 0.3 is 17.9 Å². The summed E-state index contributed by atoms with van der Waals surface area (Å²) in [7, 11) is 0. The molecular weight excluding hydrogens is 841 g/mol. The standard InChI is InChI=1S/C62H106O6/c1-4-7-10-13-16-19-22-25-27-29-30-31-32-33-35-37-40-43-46-49-52-55-61(64)67-58-59(57-66-60(63)54-51-48-45-42-39-36-24-21-18-15-12-9-6-3)68-62(65)56-53-50-47-44-41-38-34-28-26-23-20-17-14-11-8-5-2/h7,10,16,19,21,24-25,27,30-31,33,35,40,43,59H,4-6,8-9,11-15,17-18,20,22-23,26,28-29,32,34,36-39,41-42,44-58H2,1-3H3/b10-7-,19-16-,24-21-,27-25-,31-30-,35-33-,43-40-. The molecule has 0 amide bonds. The van der Waals surface area contributed by atoms with Crippen molar-refractivity contribution >= 4 is 17.9 Å². The van der Waals surface area contributed by atoms with E-state index in [9.17, 15) is 14.4 Å². The lowest BCUT2D eigenvalue weighted by molar-refractivity contribution is -0.167. The maximum Gasteiger partial charge on any atom is 0.306 e. The van der Waals surface area contributed by atoms with Gasteiger partial charge in [-0.15, -0.1) is 0 Å². The molecule has 0 spiro atoms. The predicted octanol–water partition coefficient (Wildman–Crippen LogP) is 19.2. The molecule has 6 heteroatoms. The summed E-state index contributed by atoms with van der Waals surface area (Å²) < 4.78 is 16.8. The van der Waals surface area contributed by atoms with Crippen LogP contribution in [0.15, 0.2) is 85.1 Å². The fraction of sp³-hybridized carbons (Fsp3) is 0.726. The van der Waals surface area contributed by atoms with Crippen molar-refractivity contribution in [3.8, 4) is 0 Å². The molecular formula is C62H106O6. The van der Waals surface area contributed by atoms with E-state index >= 15 is 0 Å². The van der Waals surface area contributed by atoms with Gasteiger partial charge < -0.3 is 14.2 Å². The Morgan fingerprint density at radius 3 is 0.956 bits per heavy atom. The molecule has 0 bridgehead atoms. The highest BCUT2D eigenvalue weighted by atomic mass is 16.6. The second-order valence-electron chi connectivity index (χ2n) is 18.8. The van der Waals surface area contributed by atoms with Gasteiger partial charge in [0, 0.05) is 19.3 Å². The van der Waals surface area contributed by atoms with Crippen molar-refractivity contribution < 1.29 is 28.6 Å². The minimum atomic E-state index is -0.796. The Kier molecular flexibility index (Phi) is 53.4. The van der Waals surface area contributed by atoms with Crippen LogP contribution in [0.4, 0.5) is 0 Å². The van der Waals surface area contributed by atoms with E-state index in [0.717, 1.165) is 103 Å². The summed E-state index contributed by atoms with van der Waals surface area (Å²) in [4.78, 5) is 38.1. The second kappa shape index (κ2) is 56.2. The number of hydrogen-bond acceptors (Lipinski definition) is 6. The molecule has 0 radical (unpaired) electrons. The SMILES string of the molecule is CC/C=C\C/C=C\C/C=C\C/C=C\C/C=C\C/C=C\CCCCC(=O)OCC(COC(=O)CCCCCCC/C=C\CCCCCC)OC(=O)CCCCCCCCCCCCCCCCCC. The van der Waals surface area contributed by atoms with E-state index in [1.807, 2.05) is 0 Å². The van der Waals surface area contributed by atoms with Gasteiger partial charge in [-0.25, -0.2) is 0 Å². The Hall–Kier alpha value is -3.41. The lowest BCUT2D eigenvalue weighted by Crippen LogP contribution is -2.30. The quantitative estimate of drug-likeness (QED) is 0.0262. The van der Waals surface area contributed by atoms with Crippen molar-refractivity contribution in [2.45, 2.75) is 277 Å². The summed E-state index contributed by atoms with van der Waals surface area (Å²) in [5, 5.41) is 0. The first-order valence-electron chi connectivity index (χ1n) is 28.6. The van der Waals surface area contributed by atoms with Crippen LogP contribution in [0.3, 0.4) is 0 Å². The smallest absolute Gasteiger partial charge is 0.306 e. The zero-order valence-electron chi connectivity index (χ0n) is 44.6. The first-order chi connectivity index (χ1) is 33.5. The minimum Gasteiger partial charge on any atom is -0.462 e. The summed E-state index contributed by atoms with van der Waals surface area (Å²) in [6.07, 6.45) is 72.9. The third-order valence-electron chi connectivity index (χ3n) is 12.1. The van der Waals surface area contributed by atoms with E-state index < -0.39 is 6.10 Å². The molecule has 6 nitrogen and oxygen atoms in total. The van der Waals surface area contributed by atoms with E-state index in [4.69, 9.17) is 14.2 Å². The summed E-state index contributed by atoms with van der Waals surface area (Å²) >= 11 is 0. The molecule has 0 aromatic carbocycles. The number of esters is 3. The third-order valence-corrected chi connectivity index (χ3v) is 12.1. The van der Waals surface area contributed by atoms with Crippen molar-refractivity contribution in [1.29, 1.82) is 0 Å². The van der Waals surface area contributed by atoms with E-state index in [0.29, 0.717) is 19.3 Å². The van der Waals surface area contributed by atoms with E-state index in [1.165, 1.54) is 128 Å². The second-order valence-corrected chi connectivity index (χ2v) is 18.8. The summed E-state index contributed by atoms with van der Waals surface area (Å²) in [6, 6.07) is 0. The van der Waals surface area contributed by atoms with Crippen molar-refractivity contribution in [3.05, 3.63) is 85.1 Å². The summed E-state index contributed by atoms with van der Waals surface area (Å²) in [5.41, 5.74) is 0. The zero-order chi connectivity index (χ0) is 49.3. The molecule has 1 unspecified atom stereocenters. The predicted molar refractivity (Wildman–Crippen MR) is 293 cm³/mol. The number of hydrogen-bond donors (Lipinski definition) is 0. The monoisotopic (exact) mass is 947 g/mol. The molecule has 0 aromatic heterocycles. The van der Waals surface area contributed by atoms with Crippen molar-refractivity contribution in [2.75, 3.05) is 13.2 Å². The van der Waals surface area contributed by atoms with Crippen LogP contribution in [0.1, 0.15) is 271 Å². The van der Waals surface area contributed by atoms with Gasteiger partial charge in [0.1, 0.15) is 13.2 Å². The van der Waals surface area contributed by atoms with Crippen LogP contribution in [-0.2, 0) is 28.6 Å². The van der Waals surface area contributed by atoms with Gasteiger partial charge in [-0.05, 0) is 96.3 Å². The van der Waals surface area contributed by atoms with Crippen molar-refractivity contribution in [2.24, 2.45) is 0 Å². The van der Waals surface area contributed by atoms with Crippen molar-refractivity contribution in [3.63, 3.8) is 0 Å². The number of carbonyl (C=O) groups excluding carboxylic acids is 3. The number of rotatable bonds is 51. The molecule has 0 aliphatic carbocycles. The van der Waals surface area contributed by atoms with E-state index in [2.05, 4.69) is 106 Å². The largest absolute Gasteiger partial charge is 0.462 e. The average molecular weight is 948 g/mol. The topological polar surface area (TPSA) is 78.9 Å². The molecule has 0 aliphatic heterocycles. The molecule has 0 fully saturated rings. The van der Waals surface area contributed by atoms with Crippen LogP contribution in [0, 0.1) is 0 Å². The molecule has 390 valence electrons. The lowest BCUT2D eigenvalue weighted by Gasteiger charge is -2.18. The highest BCUT2D eigenvalue weighted by Crippen LogP contribution is 2.15. The van der Waals surface area contributed by atoms with Gasteiger partial charge in [-0.1, -0.05) is 241 Å². The molecule has 0 aromatic rings. The molecule has 0 heterocycles. The molecule has 0 aliphatic rings. The average Bonchev–Trinajstić information content (AvgIpc) is 3.34. The van der Waals surface area contributed by atoms with Crippen LogP contribution in [0.25, 0.3) is 0 Å². The first kappa shape index (κ1) is 64.6. The molecule has 68 heavy (non-hydrogen) atoms. The van der Waals surface area contributed by atoms with Crippen LogP contribution >= 0.6 is 0 Å².